The molecule has 4 heteroatoms. The highest BCUT2D eigenvalue weighted by Crippen LogP contribution is 2.16. The Hall–Kier alpha value is 0.170. The second-order valence-electron chi connectivity index (χ2n) is 4.50. The molecule has 0 radical (unpaired) electrons. The fourth-order valence-electron chi connectivity index (χ4n) is 2.04. The number of nitrogens with one attached hydrogen (secondary N) is 1. The summed E-state index contributed by atoms with van der Waals surface area (Å²) in [6.07, 6.45) is 2.19. The average Bonchev–Trinajstić information content (AvgIpc) is 2.37. The van der Waals surface area contributed by atoms with Gasteiger partial charge in [-0.2, -0.15) is 0 Å². The Kier molecular flexibility index (Phi) is 6.66. The lowest BCUT2D eigenvalue weighted by molar-refractivity contribution is 0.0375. The van der Waals surface area contributed by atoms with Crippen LogP contribution in [0.4, 0.5) is 0 Å². The quantitative estimate of drug-likeness (QED) is 0.695. The molecule has 0 aliphatic carbocycles. The molecule has 1 aliphatic heterocycles. The summed E-state index contributed by atoms with van der Waals surface area (Å²) in [6.45, 7) is 10.4. The first-order valence-electron chi connectivity index (χ1n) is 6.37. The molecule has 0 saturated carbocycles. The fraction of sp³-hybridized carbons (Fsp3) is 1.00. The van der Waals surface area contributed by atoms with E-state index in [0.717, 1.165) is 52.2 Å². The zero-order valence-corrected chi connectivity index (χ0v) is 11.4. The third-order valence-electron chi connectivity index (χ3n) is 3.64. The van der Waals surface area contributed by atoms with Gasteiger partial charge < -0.3 is 10.1 Å². The van der Waals surface area contributed by atoms with Crippen LogP contribution < -0.4 is 5.32 Å². The minimum absolute atomic E-state index is 0.133. The van der Waals surface area contributed by atoms with Gasteiger partial charge in [0.15, 0.2) is 0 Å². The van der Waals surface area contributed by atoms with E-state index in [1.165, 1.54) is 0 Å². The summed E-state index contributed by atoms with van der Waals surface area (Å²) in [5, 5.41) is 3.62. The smallest absolute Gasteiger partial charge is 0.0594 e. The van der Waals surface area contributed by atoms with Gasteiger partial charge >= 0.3 is 0 Å². The first-order valence-corrected chi connectivity index (χ1v) is 6.91. The van der Waals surface area contributed by atoms with Crippen molar-refractivity contribution in [3.8, 4) is 0 Å². The van der Waals surface area contributed by atoms with Crippen LogP contribution >= 0.6 is 11.6 Å². The van der Waals surface area contributed by atoms with Crippen LogP contribution in [-0.4, -0.2) is 55.7 Å². The first-order chi connectivity index (χ1) is 7.76. The summed E-state index contributed by atoms with van der Waals surface area (Å²) in [7, 11) is 0. The van der Waals surface area contributed by atoms with Crippen LogP contribution in [0.5, 0.6) is 0 Å². The Morgan fingerprint density at radius 3 is 2.38 bits per heavy atom. The van der Waals surface area contributed by atoms with Gasteiger partial charge in [0.2, 0.25) is 0 Å². The maximum absolute atomic E-state index is 6.05. The molecule has 1 heterocycles. The Morgan fingerprint density at radius 2 is 1.88 bits per heavy atom. The first kappa shape index (κ1) is 14.2. The van der Waals surface area contributed by atoms with E-state index in [0.29, 0.717) is 5.88 Å². The van der Waals surface area contributed by atoms with Crippen LogP contribution in [0.1, 0.15) is 26.7 Å². The SMILES string of the molecule is CCC(CC)(CCl)NCCN1CCOCC1. The maximum Gasteiger partial charge on any atom is 0.0594 e. The van der Waals surface area contributed by atoms with Gasteiger partial charge in [0.25, 0.3) is 0 Å². The van der Waals surface area contributed by atoms with Gasteiger partial charge in [0, 0.05) is 37.6 Å². The number of rotatable bonds is 7. The highest BCUT2D eigenvalue weighted by Gasteiger charge is 2.24. The molecule has 0 unspecified atom stereocenters. The van der Waals surface area contributed by atoms with Gasteiger partial charge in [0.1, 0.15) is 0 Å². The van der Waals surface area contributed by atoms with E-state index in [4.69, 9.17) is 16.3 Å². The summed E-state index contributed by atoms with van der Waals surface area (Å²) in [6, 6.07) is 0. The van der Waals surface area contributed by atoms with E-state index in [2.05, 4.69) is 24.1 Å². The van der Waals surface area contributed by atoms with Gasteiger partial charge in [-0.1, -0.05) is 13.8 Å². The van der Waals surface area contributed by atoms with Gasteiger partial charge in [-0.25, -0.2) is 0 Å². The van der Waals surface area contributed by atoms with Crippen molar-refractivity contribution >= 4 is 11.6 Å². The number of hydrogen-bond acceptors (Lipinski definition) is 3. The number of halogens is 1. The molecule has 1 rings (SSSR count). The van der Waals surface area contributed by atoms with Gasteiger partial charge in [-0.15, -0.1) is 11.6 Å². The zero-order valence-electron chi connectivity index (χ0n) is 10.6. The minimum atomic E-state index is 0.133. The lowest BCUT2D eigenvalue weighted by atomic mass is 9.95. The Morgan fingerprint density at radius 1 is 1.25 bits per heavy atom. The molecule has 0 amide bonds. The van der Waals surface area contributed by atoms with Crippen LogP contribution in [0.3, 0.4) is 0 Å². The Labute approximate surface area is 104 Å². The van der Waals surface area contributed by atoms with Crippen LogP contribution in [0, 0.1) is 0 Å². The van der Waals surface area contributed by atoms with Crippen molar-refractivity contribution in [2.45, 2.75) is 32.2 Å². The molecule has 0 aromatic carbocycles. The van der Waals surface area contributed by atoms with E-state index in [1.54, 1.807) is 0 Å². The molecular weight excluding hydrogens is 224 g/mol. The second kappa shape index (κ2) is 7.49. The van der Waals surface area contributed by atoms with Crippen molar-refractivity contribution in [1.82, 2.24) is 10.2 Å². The van der Waals surface area contributed by atoms with Gasteiger partial charge in [-0.3, -0.25) is 4.90 Å². The molecule has 96 valence electrons. The largest absolute Gasteiger partial charge is 0.379 e. The lowest BCUT2D eigenvalue weighted by Crippen LogP contribution is -2.49. The molecule has 16 heavy (non-hydrogen) atoms. The summed E-state index contributed by atoms with van der Waals surface area (Å²) in [5.41, 5.74) is 0.133. The topological polar surface area (TPSA) is 24.5 Å². The van der Waals surface area contributed by atoms with E-state index >= 15 is 0 Å². The van der Waals surface area contributed by atoms with Crippen LogP contribution in [-0.2, 0) is 4.74 Å². The second-order valence-corrected chi connectivity index (χ2v) is 4.77. The highest BCUT2D eigenvalue weighted by molar-refractivity contribution is 6.18. The molecule has 0 atom stereocenters. The minimum Gasteiger partial charge on any atom is -0.379 e. The number of ether oxygens (including phenoxy) is 1. The predicted octanol–water partition coefficient (Wildman–Crippen LogP) is 1.71. The van der Waals surface area contributed by atoms with E-state index in [-0.39, 0.29) is 5.54 Å². The zero-order chi connectivity index (χ0) is 11.9. The third kappa shape index (κ3) is 4.21. The van der Waals surface area contributed by atoms with E-state index in [1.807, 2.05) is 0 Å². The van der Waals surface area contributed by atoms with Crippen molar-refractivity contribution in [2.75, 3.05) is 45.3 Å². The predicted molar refractivity (Wildman–Crippen MR) is 69.3 cm³/mol. The maximum atomic E-state index is 6.05. The monoisotopic (exact) mass is 248 g/mol. The number of morpholine rings is 1. The standard InChI is InChI=1S/C12H25ClN2O/c1-3-12(4-2,11-13)14-5-6-15-7-9-16-10-8-15/h14H,3-11H2,1-2H3. The number of nitrogens with zero attached hydrogens (tertiary/aromatic N) is 1. The fourth-order valence-corrected chi connectivity index (χ4v) is 2.51. The van der Waals surface area contributed by atoms with Crippen LogP contribution in [0.25, 0.3) is 0 Å². The molecule has 3 nitrogen and oxygen atoms in total. The summed E-state index contributed by atoms with van der Waals surface area (Å²) < 4.78 is 5.33. The normalized spacial score (nSPS) is 18.9. The molecule has 1 N–H and O–H groups in total. The molecule has 1 saturated heterocycles. The molecule has 1 aliphatic rings. The number of hydrogen-bond donors (Lipinski definition) is 1. The Bertz CT molecular complexity index is 172. The number of alkyl halides is 1. The van der Waals surface area contributed by atoms with Crippen molar-refractivity contribution in [2.24, 2.45) is 0 Å². The van der Waals surface area contributed by atoms with Crippen molar-refractivity contribution in [1.29, 1.82) is 0 Å². The summed E-state index contributed by atoms with van der Waals surface area (Å²) >= 11 is 6.05. The lowest BCUT2D eigenvalue weighted by Gasteiger charge is -2.33. The van der Waals surface area contributed by atoms with E-state index < -0.39 is 0 Å². The molecular formula is C12H25ClN2O. The molecule has 1 fully saturated rings. The van der Waals surface area contributed by atoms with Crippen LogP contribution in [0.2, 0.25) is 0 Å². The Balaban J connectivity index is 2.21. The molecule has 0 bridgehead atoms. The average molecular weight is 249 g/mol. The van der Waals surface area contributed by atoms with E-state index in [9.17, 15) is 0 Å². The van der Waals surface area contributed by atoms with Crippen molar-refractivity contribution < 1.29 is 4.74 Å². The molecule has 0 aromatic rings. The molecule has 0 aromatic heterocycles. The summed E-state index contributed by atoms with van der Waals surface area (Å²) in [5.74, 6) is 0.698. The van der Waals surface area contributed by atoms with Crippen molar-refractivity contribution in [3.05, 3.63) is 0 Å². The van der Waals surface area contributed by atoms with Gasteiger partial charge in [-0.05, 0) is 12.8 Å². The van der Waals surface area contributed by atoms with Crippen molar-refractivity contribution in [3.63, 3.8) is 0 Å². The molecule has 0 spiro atoms. The summed E-state index contributed by atoms with van der Waals surface area (Å²) in [4.78, 5) is 2.45. The van der Waals surface area contributed by atoms with Crippen LogP contribution in [0.15, 0.2) is 0 Å². The third-order valence-corrected chi connectivity index (χ3v) is 4.15. The highest BCUT2D eigenvalue weighted by atomic mass is 35.5. The van der Waals surface area contributed by atoms with Gasteiger partial charge in [0.05, 0.1) is 13.2 Å².